The molecule has 7 heteroatoms. The number of hydrogen-bond acceptors (Lipinski definition) is 7. The molecule has 0 radical (unpaired) electrons. The molecule has 0 amide bonds. The molecule has 0 aliphatic carbocycles. The number of allylic oxidation sites excluding steroid dienone is 8. The first-order chi connectivity index (χ1) is 31.9. The standard InChI is InChI=1S/C58H106N2O5/c1-5-9-13-17-23-31-40-55(41-32-24-18-14-10-6-2)64-57(62)44-35-27-21-29-37-48-59(50-39-51-60-52-46-54(61)47-53-60)49-38-30-22-28-36-45-58(63)65-56(42-33-25-19-15-11-7-3)43-34-26-20-16-12-8-4/h13,15,17-20,24,26,54-56,61H,5-12,14,16,21-23,25,27-53H2,1-4H3/b17-13+,19-15+,24-18+,26-20+. The van der Waals surface area contributed by atoms with E-state index in [0.717, 1.165) is 168 Å². The van der Waals surface area contributed by atoms with Gasteiger partial charge in [-0.25, -0.2) is 0 Å². The Morgan fingerprint density at radius 1 is 0.477 bits per heavy atom. The first kappa shape index (κ1) is 60.8. The number of hydrogen-bond donors (Lipinski definition) is 1. The molecule has 1 rings (SSSR count). The van der Waals surface area contributed by atoms with Gasteiger partial charge in [0, 0.05) is 25.9 Å². The van der Waals surface area contributed by atoms with Crippen molar-refractivity contribution >= 4 is 11.9 Å². The second-order valence-electron chi connectivity index (χ2n) is 19.3. The second kappa shape index (κ2) is 46.9. The lowest BCUT2D eigenvalue weighted by atomic mass is 10.1. The van der Waals surface area contributed by atoms with Crippen molar-refractivity contribution in [3.63, 3.8) is 0 Å². The van der Waals surface area contributed by atoms with Gasteiger partial charge in [-0.3, -0.25) is 9.59 Å². The Hall–Kier alpha value is -2.22. The predicted octanol–water partition coefficient (Wildman–Crippen LogP) is 15.7. The number of aliphatic hydroxyl groups excluding tert-OH is 1. The molecule has 0 bridgehead atoms. The molecule has 0 spiro atoms. The molecular weight excluding hydrogens is 805 g/mol. The van der Waals surface area contributed by atoms with Crippen molar-refractivity contribution in [1.82, 2.24) is 9.80 Å². The van der Waals surface area contributed by atoms with Crippen LogP contribution in [0.15, 0.2) is 48.6 Å². The maximum atomic E-state index is 12.9. The first-order valence-electron chi connectivity index (χ1n) is 28.0. The molecule has 0 aromatic carbocycles. The number of unbranched alkanes of at least 4 members (excludes halogenated alkanes) is 16. The van der Waals surface area contributed by atoms with Crippen LogP contribution in [0.4, 0.5) is 0 Å². The van der Waals surface area contributed by atoms with E-state index in [2.05, 4.69) is 86.1 Å². The highest BCUT2D eigenvalue weighted by molar-refractivity contribution is 5.69. The van der Waals surface area contributed by atoms with Crippen molar-refractivity contribution in [3.05, 3.63) is 48.6 Å². The molecule has 1 heterocycles. The van der Waals surface area contributed by atoms with Gasteiger partial charge in [0.25, 0.3) is 0 Å². The van der Waals surface area contributed by atoms with Gasteiger partial charge in [0.2, 0.25) is 0 Å². The van der Waals surface area contributed by atoms with Gasteiger partial charge in [-0.05, 0) is 161 Å². The van der Waals surface area contributed by atoms with Gasteiger partial charge in [-0.15, -0.1) is 0 Å². The van der Waals surface area contributed by atoms with Crippen LogP contribution < -0.4 is 0 Å². The Kier molecular flexibility index (Phi) is 43.8. The molecule has 2 unspecified atom stereocenters. The zero-order valence-corrected chi connectivity index (χ0v) is 43.3. The molecule has 1 aliphatic heterocycles. The van der Waals surface area contributed by atoms with Crippen LogP contribution in [0.5, 0.6) is 0 Å². The van der Waals surface area contributed by atoms with Crippen LogP contribution in [0.1, 0.15) is 252 Å². The fourth-order valence-corrected chi connectivity index (χ4v) is 8.69. The number of likely N-dealkylation sites (tertiary alicyclic amines) is 1. The zero-order valence-electron chi connectivity index (χ0n) is 43.3. The van der Waals surface area contributed by atoms with Gasteiger partial charge in [-0.2, -0.15) is 0 Å². The van der Waals surface area contributed by atoms with Crippen LogP contribution in [0.25, 0.3) is 0 Å². The predicted molar refractivity (Wildman–Crippen MR) is 279 cm³/mol. The van der Waals surface area contributed by atoms with E-state index in [1.54, 1.807) is 0 Å². The highest BCUT2D eigenvalue weighted by Gasteiger charge is 2.18. The number of rotatable bonds is 46. The zero-order chi connectivity index (χ0) is 47.1. The Morgan fingerprint density at radius 2 is 0.862 bits per heavy atom. The van der Waals surface area contributed by atoms with Gasteiger partial charge in [-0.1, -0.05) is 153 Å². The molecule has 7 nitrogen and oxygen atoms in total. The van der Waals surface area contributed by atoms with Crippen LogP contribution in [0.3, 0.4) is 0 Å². The topological polar surface area (TPSA) is 79.3 Å². The van der Waals surface area contributed by atoms with Crippen LogP contribution in [-0.2, 0) is 19.1 Å². The summed E-state index contributed by atoms with van der Waals surface area (Å²) >= 11 is 0. The number of ether oxygens (including phenoxy) is 2. The van der Waals surface area contributed by atoms with E-state index in [1.807, 2.05) is 0 Å². The van der Waals surface area contributed by atoms with E-state index < -0.39 is 0 Å². The molecule has 378 valence electrons. The maximum absolute atomic E-state index is 12.9. The molecule has 65 heavy (non-hydrogen) atoms. The van der Waals surface area contributed by atoms with Gasteiger partial charge < -0.3 is 24.4 Å². The van der Waals surface area contributed by atoms with E-state index >= 15 is 0 Å². The molecule has 2 atom stereocenters. The molecule has 0 aromatic rings. The minimum atomic E-state index is -0.117. The van der Waals surface area contributed by atoms with E-state index in [-0.39, 0.29) is 30.3 Å². The summed E-state index contributed by atoms with van der Waals surface area (Å²) < 4.78 is 12.1. The lowest BCUT2D eigenvalue weighted by Gasteiger charge is -2.30. The second-order valence-corrected chi connectivity index (χ2v) is 19.3. The molecule has 1 aliphatic rings. The summed E-state index contributed by atoms with van der Waals surface area (Å²) in [5.41, 5.74) is 0. The monoisotopic (exact) mass is 911 g/mol. The summed E-state index contributed by atoms with van der Waals surface area (Å²) in [6.07, 6.45) is 55.4. The Bertz CT molecular complexity index is 1100. The Balaban J connectivity index is 2.45. The number of piperidine rings is 1. The minimum absolute atomic E-state index is 0.0111. The Labute approximate surface area is 403 Å². The van der Waals surface area contributed by atoms with Crippen LogP contribution in [0, 0.1) is 0 Å². The lowest BCUT2D eigenvalue weighted by Crippen LogP contribution is -2.38. The SMILES string of the molecule is CCC/C=C/CCCC(CC/C=C/CCCC)OC(=O)CCCCCCCN(CCCCCCCC(=O)OC(CC/C=C/CCCC)CCC/C=C/CCC)CCCN1CCC(O)CC1. The molecular formula is C58H106N2O5. The third-order valence-corrected chi connectivity index (χ3v) is 12.9. The van der Waals surface area contributed by atoms with Crippen molar-refractivity contribution in [2.75, 3.05) is 39.3 Å². The van der Waals surface area contributed by atoms with Crippen molar-refractivity contribution in [2.45, 2.75) is 271 Å². The normalized spacial score (nSPS) is 15.1. The van der Waals surface area contributed by atoms with Crippen molar-refractivity contribution in [1.29, 1.82) is 0 Å². The van der Waals surface area contributed by atoms with Crippen molar-refractivity contribution in [3.8, 4) is 0 Å². The van der Waals surface area contributed by atoms with Crippen LogP contribution in [0.2, 0.25) is 0 Å². The summed E-state index contributed by atoms with van der Waals surface area (Å²) in [5.74, 6) is -0.0223. The van der Waals surface area contributed by atoms with Crippen molar-refractivity contribution in [2.24, 2.45) is 0 Å². The van der Waals surface area contributed by atoms with Gasteiger partial charge in [0.15, 0.2) is 0 Å². The quantitative estimate of drug-likeness (QED) is 0.0370. The van der Waals surface area contributed by atoms with Gasteiger partial charge in [0.05, 0.1) is 6.10 Å². The summed E-state index contributed by atoms with van der Waals surface area (Å²) in [5, 5.41) is 9.95. The number of carbonyl (C=O) groups is 2. The Morgan fingerprint density at radius 3 is 1.31 bits per heavy atom. The summed E-state index contributed by atoms with van der Waals surface area (Å²) in [6, 6.07) is 0. The molecule has 1 N–H and O–H groups in total. The summed E-state index contributed by atoms with van der Waals surface area (Å²) in [7, 11) is 0. The summed E-state index contributed by atoms with van der Waals surface area (Å²) in [6.45, 7) is 15.5. The lowest BCUT2D eigenvalue weighted by molar-refractivity contribution is -0.150. The summed E-state index contributed by atoms with van der Waals surface area (Å²) in [4.78, 5) is 31.0. The highest BCUT2D eigenvalue weighted by Crippen LogP contribution is 2.18. The third-order valence-electron chi connectivity index (χ3n) is 12.9. The number of esters is 2. The number of nitrogens with zero attached hydrogens (tertiary/aromatic N) is 2. The minimum Gasteiger partial charge on any atom is -0.462 e. The smallest absolute Gasteiger partial charge is 0.306 e. The van der Waals surface area contributed by atoms with Crippen LogP contribution in [-0.4, -0.2) is 84.4 Å². The van der Waals surface area contributed by atoms with Crippen molar-refractivity contribution < 1.29 is 24.2 Å². The van der Waals surface area contributed by atoms with E-state index in [1.165, 1.54) is 83.5 Å². The number of carbonyl (C=O) groups excluding carboxylic acids is 2. The third kappa shape index (κ3) is 40.6. The fourth-order valence-electron chi connectivity index (χ4n) is 8.69. The molecule has 1 saturated heterocycles. The van der Waals surface area contributed by atoms with E-state index in [9.17, 15) is 14.7 Å². The number of aliphatic hydroxyl groups is 1. The maximum Gasteiger partial charge on any atom is 0.306 e. The van der Waals surface area contributed by atoms with Gasteiger partial charge >= 0.3 is 11.9 Å². The largest absolute Gasteiger partial charge is 0.462 e. The van der Waals surface area contributed by atoms with E-state index in [0.29, 0.717) is 12.8 Å². The average Bonchev–Trinajstić information content (AvgIpc) is 3.30. The highest BCUT2D eigenvalue weighted by atomic mass is 16.5. The fraction of sp³-hybridized carbons (Fsp3) is 0.828. The van der Waals surface area contributed by atoms with Crippen LogP contribution >= 0.6 is 0 Å². The first-order valence-corrected chi connectivity index (χ1v) is 28.0. The molecule has 0 aromatic heterocycles. The molecule has 1 fully saturated rings. The average molecular weight is 911 g/mol. The molecule has 0 saturated carbocycles. The van der Waals surface area contributed by atoms with Gasteiger partial charge in [0.1, 0.15) is 12.2 Å². The van der Waals surface area contributed by atoms with E-state index in [4.69, 9.17) is 9.47 Å².